The van der Waals surface area contributed by atoms with Crippen LogP contribution in [0, 0.1) is 0 Å². The number of benzene rings is 1. The van der Waals surface area contributed by atoms with Crippen LogP contribution >= 0.6 is 0 Å². The van der Waals surface area contributed by atoms with Crippen molar-refractivity contribution in [2.24, 2.45) is 0 Å². The second kappa shape index (κ2) is 7.53. The maximum absolute atomic E-state index is 12.7. The van der Waals surface area contributed by atoms with Crippen molar-refractivity contribution in [3.63, 3.8) is 0 Å². The van der Waals surface area contributed by atoms with E-state index in [0.29, 0.717) is 29.9 Å². The lowest BCUT2D eigenvalue weighted by Crippen LogP contribution is -2.46. The number of carbonyl (C=O) groups excluding carboxylic acids is 1. The van der Waals surface area contributed by atoms with Gasteiger partial charge in [0.2, 0.25) is 11.8 Å². The Hall–Kier alpha value is -3.29. The average molecular weight is 365 g/mol. The molecule has 0 saturated carbocycles. The lowest BCUT2D eigenvalue weighted by atomic mass is 10.1. The van der Waals surface area contributed by atoms with Crippen LogP contribution in [0.4, 0.5) is 0 Å². The van der Waals surface area contributed by atoms with Gasteiger partial charge in [-0.1, -0.05) is 12.1 Å². The number of piperidine rings is 1. The molecule has 0 spiro atoms. The predicted octanol–water partition coefficient (Wildman–Crippen LogP) is 1.26. The molecule has 0 N–H and O–H groups in total. The molecule has 138 valence electrons. The summed E-state index contributed by atoms with van der Waals surface area (Å²) in [7, 11) is 0. The van der Waals surface area contributed by atoms with Crippen molar-refractivity contribution in [1.82, 2.24) is 24.4 Å². The zero-order valence-corrected chi connectivity index (χ0v) is 14.7. The van der Waals surface area contributed by atoms with Crippen LogP contribution in [-0.2, 0) is 11.3 Å². The molecular formula is C19H19N5O3. The SMILES string of the molecule is O=C(Cn1cnc2ccccc2c1=O)N1CCCC(Oc2ccncn2)C1. The molecule has 1 saturated heterocycles. The third-order valence-corrected chi connectivity index (χ3v) is 4.61. The number of amides is 1. The number of carbonyl (C=O) groups is 1. The van der Waals surface area contributed by atoms with Gasteiger partial charge in [0.1, 0.15) is 19.0 Å². The van der Waals surface area contributed by atoms with Gasteiger partial charge >= 0.3 is 0 Å². The summed E-state index contributed by atoms with van der Waals surface area (Å²) >= 11 is 0. The minimum Gasteiger partial charge on any atom is -0.472 e. The molecular weight excluding hydrogens is 346 g/mol. The molecule has 1 aromatic carbocycles. The van der Waals surface area contributed by atoms with E-state index in [9.17, 15) is 9.59 Å². The highest BCUT2D eigenvalue weighted by atomic mass is 16.5. The number of fused-ring (bicyclic) bond motifs is 1. The largest absolute Gasteiger partial charge is 0.472 e. The van der Waals surface area contributed by atoms with Crippen molar-refractivity contribution < 1.29 is 9.53 Å². The Morgan fingerprint density at radius 1 is 1.22 bits per heavy atom. The molecule has 1 unspecified atom stereocenters. The zero-order valence-electron chi connectivity index (χ0n) is 14.7. The van der Waals surface area contributed by atoms with Crippen LogP contribution in [0.1, 0.15) is 12.8 Å². The van der Waals surface area contributed by atoms with Crippen LogP contribution in [0.2, 0.25) is 0 Å². The first kappa shape index (κ1) is 17.1. The van der Waals surface area contributed by atoms with Gasteiger partial charge in [0.15, 0.2) is 0 Å². The fourth-order valence-electron chi connectivity index (χ4n) is 3.24. The zero-order chi connectivity index (χ0) is 18.6. The van der Waals surface area contributed by atoms with Crippen LogP contribution in [0.15, 0.2) is 54.0 Å². The molecule has 1 atom stereocenters. The first-order valence-corrected chi connectivity index (χ1v) is 8.85. The highest BCUT2D eigenvalue weighted by Crippen LogP contribution is 2.16. The van der Waals surface area contributed by atoms with Crippen molar-refractivity contribution in [3.05, 3.63) is 59.5 Å². The normalized spacial score (nSPS) is 17.0. The van der Waals surface area contributed by atoms with E-state index in [-0.39, 0.29) is 24.1 Å². The van der Waals surface area contributed by atoms with Crippen LogP contribution in [0.25, 0.3) is 10.9 Å². The molecule has 0 aliphatic carbocycles. The van der Waals surface area contributed by atoms with Gasteiger partial charge in [0.25, 0.3) is 5.56 Å². The topological polar surface area (TPSA) is 90.2 Å². The molecule has 0 bridgehead atoms. The number of aromatic nitrogens is 4. The van der Waals surface area contributed by atoms with E-state index in [0.717, 1.165) is 12.8 Å². The molecule has 27 heavy (non-hydrogen) atoms. The Morgan fingerprint density at radius 3 is 2.96 bits per heavy atom. The predicted molar refractivity (Wildman–Crippen MR) is 98.3 cm³/mol. The monoisotopic (exact) mass is 365 g/mol. The quantitative estimate of drug-likeness (QED) is 0.691. The fourth-order valence-corrected chi connectivity index (χ4v) is 3.24. The van der Waals surface area contributed by atoms with Gasteiger partial charge < -0.3 is 9.64 Å². The van der Waals surface area contributed by atoms with Crippen LogP contribution in [0.3, 0.4) is 0 Å². The molecule has 1 aliphatic heterocycles. The van der Waals surface area contributed by atoms with E-state index in [1.807, 2.05) is 6.07 Å². The molecule has 3 heterocycles. The number of hydrogen-bond donors (Lipinski definition) is 0. The first-order valence-electron chi connectivity index (χ1n) is 8.85. The van der Waals surface area contributed by atoms with Crippen molar-refractivity contribution in [3.8, 4) is 5.88 Å². The Kier molecular flexibility index (Phi) is 4.78. The summed E-state index contributed by atoms with van der Waals surface area (Å²) in [6.07, 6.45) is 6.05. The molecule has 1 fully saturated rings. The smallest absolute Gasteiger partial charge is 0.261 e. The number of likely N-dealkylation sites (tertiary alicyclic amines) is 1. The van der Waals surface area contributed by atoms with Gasteiger partial charge in [-0.05, 0) is 25.0 Å². The minimum atomic E-state index is -0.209. The molecule has 1 aliphatic rings. The lowest BCUT2D eigenvalue weighted by molar-refractivity contribution is -0.134. The minimum absolute atomic E-state index is 0.0309. The van der Waals surface area contributed by atoms with Crippen molar-refractivity contribution in [2.45, 2.75) is 25.5 Å². The Bertz CT molecular complexity index is 1000. The summed E-state index contributed by atoms with van der Waals surface area (Å²) < 4.78 is 7.20. The van der Waals surface area contributed by atoms with Crippen molar-refractivity contribution >= 4 is 16.8 Å². The van der Waals surface area contributed by atoms with E-state index < -0.39 is 0 Å². The number of hydrogen-bond acceptors (Lipinski definition) is 6. The molecule has 1 amide bonds. The number of nitrogens with zero attached hydrogens (tertiary/aromatic N) is 5. The van der Waals surface area contributed by atoms with Gasteiger partial charge in [-0.25, -0.2) is 15.0 Å². The van der Waals surface area contributed by atoms with E-state index in [1.165, 1.54) is 17.2 Å². The molecule has 8 heteroatoms. The van der Waals surface area contributed by atoms with E-state index >= 15 is 0 Å². The van der Waals surface area contributed by atoms with Crippen LogP contribution in [0.5, 0.6) is 5.88 Å². The summed E-state index contributed by atoms with van der Waals surface area (Å²) in [4.78, 5) is 39.2. The summed E-state index contributed by atoms with van der Waals surface area (Å²) in [5, 5.41) is 0.511. The van der Waals surface area contributed by atoms with Gasteiger partial charge in [0.05, 0.1) is 23.8 Å². The summed E-state index contributed by atoms with van der Waals surface area (Å²) in [6.45, 7) is 1.09. The van der Waals surface area contributed by atoms with E-state index in [4.69, 9.17) is 4.74 Å². The molecule has 0 radical (unpaired) electrons. The second-order valence-electron chi connectivity index (χ2n) is 6.46. The van der Waals surface area contributed by atoms with Crippen molar-refractivity contribution in [1.29, 1.82) is 0 Å². The summed E-state index contributed by atoms with van der Waals surface area (Å²) in [6, 6.07) is 8.81. The highest BCUT2D eigenvalue weighted by molar-refractivity contribution is 5.79. The van der Waals surface area contributed by atoms with Gasteiger partial charge in [-0.2, -0.15) is 0 Å². The fraction of sp³-hybridized carbons (Fsp3) is 0.316. The summed E-state index contributed by atoms with van der Waals surface area (Å²) in [5.74, 6) is 0.379. The van der Waals surface area contributed by atoms with E-state index in [1.54, 1.807) is 35.4 Å². The third-order valence-electron chi connectivity index (χ3n) is 4.61. The van der Waals surface area contributed by atoms with Crippen LogP contribution in [-0.4, -0.2) is 49.5 Å². The number of rotatable bonds is 4. The molecule has 2 aromatic heterocycles. The van der Waals surface area contributed by atoms with E-state index in [2.05, 4.69) is 15.0 Å². The Morgan fingerprint density at radius 2 is 2.11 bits per heavy atom. The first-order chi connectivity index (χ1) is 13.2. The maximum atomic E-state index is 12.7. The number of para-hydroxylation sites is 1. The number of ether oxygens (including phenoxy) is 1. The van der Waals surface area contributed by atoms with Gasteiger partial charge in [-0.3, -0.25) is 14.2 Å². The Labute approximate surface area is 155 Å². The summed E-state index contributed by atoms with van der Waals surface area (Å²) in [5.41, 5.74) is 0.419. The standard InChI is InChI=1S/C19H19N5O3/c25-18(11-24-13-22-16-6-2-1-5-15(16)19(24)26)23-9-3-4-14(10-23)27-17-7-8-20-12-21-17/h1-2,5-8,12-14H,3-4,9-11H2. The highest BCUT2D eigenvalue weighted by Gasteiger charge is 2.25. The second-order valence-corrected chi connectivity index (χ2v) is 6.46. The van der Waals surface area contributed by atoms with Crippen molar-refractivity contribution in [2.75, 3.05) is 13.1 Å². The average Bonchev–Trinajstić information content (AvgIpc) is 2.71. The Balaban J connectivity index is 1.45. The van der Waals surface area contributed by atoms with Gasteiger partial charge in [0, 0.05) is 18.8 Å². The molecule has 3 aromatic rings. The van der Waals surface area contributed by atoms with Gasteiger partial charge in [-0.15, -0.1) is 0 Å². The molecule has 8 nitrogen and oxygen atoms in total. The maximum Gasteiger partial charge on any atom is 0.261 e. The lowest BCUT2D eigenvalue weighted by Gasteiger charge is -2.32. The molecule has 4 rings (SSSR count). The van der Waals surface area contributed by atoms with Crippen LogP contribution < -0.4 is 10.3 Å². The third kappa shape index (κ3) is 3.79.